The van der Waals surface area contributed by atoms with Crippen LogP contribution in [0.5, 0.6) is 0 Å². The Labute approximate surface area is 126 Å². The van der Waals surface area contributed by atoms with Gasteiger partial charge in [0.05, 0.1) is 24.2 Å². The van der Waals surface area contributed by atoms with Crippen molar-refractivity contribution in [3.63, 3.8) is 0 Å². The third-order valence-electron chi connectivity index (χ3n) is 4.39. The van der Waals surface area contributed by atoms with Crippen LogP contribution in [-0.2, 0) is 9.47 Å². The van der Waals surface area contributed by atoms with Crippen molar-refractivity contribution >= 4 is 16.9 Å². The first-order chi connectivity index (χ1) is 10.7. The van der Waals surface area contributed by atoms with Crippen LogP contribution in [-0.4, -0.2) is 52.9 Å². The second kappa shape index (κ2) is 4.96. The van der Waals surface area contributed by atoms with Gasteiger partial charge in [-0.25, -0.2) is 4.79 Å². The number of carbonyl (C=O) groups is 1. The zero-order chi connectivity index (χ0) is 15.2. The SMILES string of the molecule is O=C(c1ccc2[nH]c(=O)[nH]c2c1)N1CCC2(CC1)OCCO2. The maximum Gasteiger partial charge on any atom is 0.323 e. The second-order valence-corrected chi connectivity index (χ2v) is 5.74. The molecule has 1 amide bonds. The smallest absolute Gasteiger partial charge is 0.323 e. The number of ether oxygens (including phenoxy) is 2. The molecule has 1 spiro atoms. The molecule has 0 radical (unpaired) electrons. The molecular formula is C15H17N3O4. The third-order valence-corrected chi connectivity index (χ3v) is 4.39. The van der Waals surface area contributed by atoms with Gasteiger partial charge in [0.15, 0.2) is 5.79 Å². The van der Waals surface area contributed by atoms with Gasteiger partial charge in [0.2, 0.25) is 0 Å². The highest BCUT2D eigenvalue weighted by Gasteiger charge is 2.40. The standard InChI is InChI=1S/C15H17N3O4/c19-13(10-1-2-11-12(9-10)17-14(20)16-11)18-5-3-15(4-6-18)21-7-8-22-15/h1-2,9H,3-8H2,(H2,16,17,20). The number of benzene rings is 1. The van der Waals surface area contributed by atoms with Gasteiger partial charge >= 0.3 is 5.69 Å². The number of piperidine rings is 1. The van der Waals surface area contributed by atoms with E-state index in [0.29, 0.717) is 55.7 Å². The van der Waals surface area contributed by atoms with Crippen LogP contribution in [0.4, 0.5) is 0 Å². The van der Waals surface area contributed by atoms with E-state index in [2.05, 4.69) is 9.97 Å². The highest BCUT2D eigenvalue weighted by atomic mass is 16.7. The minimum absolute atomic E-state index is 0.0307. The van der Waals surface area contributed by atoms with Gasteiger partial charge in [0.1, 0.15) is 0 Å². The number of carbonyl (C=O) groups excluding carboxylic acids is 1. The summed E-state index contributed by atoms with van der Waals surface area (Å²) in [4.78, 5) is 31.0. The van der Waals surface area contributed by atoms with Crippen molar-refractivity contribution in [2.24, 2.45) is 0 Å². The normalized spacial score (nSPS) is 20.8. The molecule has 2 N–H and O–H groups in total. The van der Waals surface area contributed by atoms with Crippen molar-refractivity contribution in [3.05, 3.63) is 34.2 Å². The molecule has 0 aliphatic carbocycles. The summed E-state index contributed by atoms with van der Waals surface area (Å²) in [6.07, 6.45) is 1.39. The van der Waals surface area contributed by atoms with Gasteiger partial charge in [0, 0.05) is 31.5 Å². The molecule has 116 valence electrons. The Hall–Kier alpha value is -2.12. The summed E-state index contributed by atoms with van der Waals surface area (Å²) in [5.41, 5.74) is 1.65. The average molecular weight is 303 g/mol. The Morgan fingerprint density at radius 1 is 1.09 bits per heavy atom. The lowest BCUT2D eigenvalue weighted by Gasteiger charge is -2.37. The molecule has 0 saturated carbocycles. The van der Waals surface area contributed by atoms with Gasteiger partial charge in [-0.05, 0) is 18.2 Å². The lowest BCUT2D eigenvalue weighted by atomic mass is 10.0. The van der Waals surface area contributed by atoms with E-state index in [9.17, 15) is 9.59 Å². The number of H-pyrrole nitrogens is 2. The van der Waals surface area contributed by atoms with E-state index < -0.39 is 5.79 Å². The zero-order valence-corrected chi connectivity index (χ0v) is 12.1. The van der Waals surface area contributed by atoms with Crippen molar-refractivity contribution < 1.29 is 14.3 Å². The van der Waals surface area contributed by atoms with Gasteiger partial charge in [-0.15, -0.1) is 0 Å². The lowest BCUT2D eigenvalue weighted by molar-refractivity contribution is -0.181. The average Bonchev–Trinajstić information content (AvgIpc) is 3.12. The maximum atomic E-state index is 12.6. The summed E-state index contributed by atoms with van der Waals surface area (Å²) in [5, 5.41) is 0. The van der Waals surface area contributed by atoms with Crippen LogP contribution in [0.1, 0.15) is 23.2 Å². The fraction of sp³-hybridized carbons (Fsp3) is 0.467. The Morgan fingerprint density at radius 2 is 1.77 bits per heavy atom. The van der Waals surface area contributed by atoms with Gasteiger partial charge in [-0.2, -0.15) is 0 Å². The Morgan fingerprint density at radius 3 is 2.50 bits per heavy atom. The summed E-state index contributed by atoms with van der Waals surface area (Å²) in [7, 11) is 0. The number of aromatic amines is 2. The fourth-order valence-electron chi connectivity index (χ4n) is 3.18. The molecule has 4 rings (SSSR count). The van der Waals surface area contributed by atoms with E-state index in [1.807, 2.05) is 4.90 Å². The second-order valence-electron chi connectivity index (χ2n) is 5.74. The molecule has 1 aromatic carbocycles. The molecule has 2 aromatic rings. The molecule has 7 heteroatoms. The van der Waals surface area contributed by atoms with E-state index >= 15 is 0 Å². The van der Waals surface area contributed by atoms with Gasteiger partial charge in [-0.1, -0.05) is 0 Å². The summed E-state index contributed by atoms with van der Waals surface area (Å²) >= 11 is 0. The van der Waals surface area contributed by atoms with Crippen LogP contribution in [0.15, 0.2) is 23.0 Å². The summed E-state index contributed by atoms with van der Waals surface area (Å²) < 4.78 is 11.3. The number of rotatable bonds is 1. The Bertz CT molecular complexity index is 762. The van der Waals surface area contributed by atoms with Gasteiger partial charge in [0.25, 0.3) is 5.91 Å². The minimum atomic E-state index is -0.480. The number of hydrogen-bond acceptors (Lipinski definition) is 4. The van der Waals surface area contributed by atoms with Gasteiger partial charge < -0.3 is 24.3 Å². The molecule has 0 atom stereocenters. The predicted molar refractivity (Wildman–Crippen MR) is 78.7 cm³/mol. The van der Waals surface area contributed by atoms with E-state index in [4.69, 9.17) is 9.47 Å². The van der Waals surface area contributed by atoms with Crippen molar-refractivity contribution in [1.29, 1.82) is 0 Å². The van der Waals surface area contributed by atoms with Crippen LogP contribution < -0.4 is 5.69 Å². The summed E-state index contributed by atoms with van der Waals surface area (Å²) in [5.74, 6) is -0.510. The number of nitrogens with zero attached hydrogens (tertiary/aromatic N) is 1. The van der Waals surface area contributed by atoms with Crippen molar-refractivity contribution in [2.75, 3.05) is 26.3 Å². The fourth-order valence-corrected chi connectivity index (χ4v) is 3.18. The molecule has 7 nitrogen and oxygen atoms in total. The van der Waals surface area contributed by atoms with Crippen molar-refractivity contribution in [3.8, 4) is 0 Å². The number of likely N-dealkylation sites (tertiary alicyclic amines) is 1. The maximum absolute atomic E-state index is 12.6. The lowest BCUT2D eigenvalue weighted by Crippen LogP contribution is -2.47. The number of aromatic nitrogens is 2. The Balaban J connectivity index is 1.52. The monoisotopic (exact) mass is 303 g/mol. The first kappa shape index (κ1) is 13.5. The third kappa shape index (κ3) is 2.22. The minimum Gasteiger partial charge on any atom is -0.347 e. The zero-order valence-electron chi connectivity index (χ0n) is 12.1. The summed E-state index contributed by atoms with van der Waals surface area (Å²) in [6.45, 7) is 2.48. The van der Waals surface area contributed by atoms with Crippen LogP contribution in [0.25, 0.3) is 11.0 Å². The van der Waals surface area contributed by atoms with E-state index in [-0.39, 0.29) is 11.6 Å². The topological polar surface area (TPSA) is 87.4 Å². The number of imidazole rings is 1. The highest BCUT2D eigenvalue weighted by Crippen LogP contribution is 2.31. The van der Waals surface area contributed by atoms with E-state index in [0.717, 1.165) is 0 Å². The number of nitrogens with one attached hydrogen (secondary N) is 2. The molecule has 2 saturated heterocycles. The van der Waals surface area contributed by atoms with Crippen LogP contribution in [0.2, 0.25) is 0 Å². The molecule has 0 unspecified atom stereocenters. The molecule has 2 aliphatic rings. The molecule has 22 heavy (non-hydrogen) atoms. The molecule has 0 bridgehead atoms. The van der Waals surface area contributed by atoms with Crippen molar-refractivity contribution in [2.45, 2.75) is 18.6 Å². The van der Waals surface area contributed by atoms with E-state index in [1.165, 1.54) is 0 Å². The number of fused-ring (bicyclic) bond motifs is 1. The molecule has 2 fully saturated rings. The van der Waals surface area contributed by atoms with Gasteiger partial charge in [-0.3, -0.25) is 4.79 Å². The van der Waals surface area contributed by atoms with Crippen molar-refractivity contribution in [1.82, 2.24) is 14.9 Å². The predicted octanol–water partition coefficient (Wildman–Crippen LogP) is 0.835. The molecule has 3 heterocycles. The quantitative estimate of drug-likeness (QED) is 0.817. The Kier molecular flexibility index (Phi) is 3.05. The molecule has 1 aromatic heterocycles. The first-order valence-electron chi connectivity index (χ1n) is 7.45. The number of amides is 1. The van der Waals surface area contributed by atoms with Crippen LogP contribution in [0.3, 0.4) is 0 Å². The largest absolute Gasteiger partial charge is 0.347 e. The number of hydrogen-bond donors (Lipinski definition) is 2. The van der Waals surface area contributed by atoms with E-state index in [1.54, 1.807) is 18.2 Å². The molecule has 2 aliphatic heterocycles. The van der Waals surface area contributed by atoms with Crippen LogP contribution in [0, 0.1) is 0 Å². The first-order valence-corrected chi connectivity index (χ1v) is 7.45. The highest BCUT2D eigenvalue weighted by molar-refractivity contribution is 5.97. The van der Waals surface area contributed by atoms with Crippen LogP contribution >= 0.6 is 0 Å². The molecular weight excluding hydrogens is 286 g/mol. The summed E-state index contributed by atoms with van der Waals surface area (Å²) in [6, 6.07) is 5.19.